The van der Waals surface area contributed by atoms with Gasteiger partial charge in [0.2, 0.25) is 5.95 Å². The van der Waals surface area contributed by atoms with Gasteiger partial charge in [-0.3, -0.25) is 4.79 Å². The maximum absolute atomic E-state index is 13.5. The van der Waals surface area contributed by atoms with Crippen molar-refractivity contribution in [1.29, 1.82) is 0 Å². The summed E-state index contributed by atoms with van der Waals surface area (Å²) in [6, 6.07) is 5.01. The van der Waals surface area contributed by atoms with E-state index in [1.54, 1.807) is 21.7 Å². The Morgan fingerprint density at radius 3 is 2.46 bits per heavy atom. The number of rotatable bonds is 5. The van der Waals surface area contributed by atoms with Crippen molar-refractivity contribution in [2.24, 2.45) is 0 Å². The fraction of sp³-hybridized carbons (Fsp3) is 0.536. The minimum absolute atomic E-state index is 0.0187. The number of hydrogen-bond acceptors (Lipinski definition) is 8. The predicted octanol–water partition coefficient (Wildman–Crippen LogP) is 4.44. The number of nitrogens with zero attached hydrogens (tertiary/aromatic N) is 7. The molecule has 1 aliphatic heterocycles. The van der Waals surface area contributed by atoms with Crippen LogP contribution in [0.25, 0.3) is 11.0 Å². The molecule has 11 heteroatoms. The average molecular weight is 541 g/mol. The van der Waals surface area contributed by atoms with Crippen molar-refractivity contribution < 1.29 is 22.6 Å². The fourth-order valence-electron chi connectivity index (χ4n) is 5.11. The van der Waals surface area contributed by atoms with Crippen LogP contribution in [0.3, 0.4) is 0 Å². The molecule has 1 saturated heterocycles. The van der Waals surface area contributed by atoms with E-state index in [1.807, 2.05) is 26.8 Å². The number of carbonyl (C=O) groups excluding carboxylic acids is 2. The highest BCUT2D eigenvalue weighted by atomic mass is 16.6. The molecule has 2 aliphatic rings. The van der Waals surface area contributed by atoms with Gasteiger partial charge in [0.25, 0.3) is 5.91 Å². The fourth-order valence-corrected chi connectivity index (χ4v) is 5.11. The topological polar surface area (TPSA) is 109 Å². The molecule has 11 nitrogen and oxygen atoms in total. The van der Waals surface area contributed by atoms with E-state index < -0.39 is 25.5 Å². The highest BCUT2D eigenvalue weighted by molar-refractivity contribution is 5.97. The van der Waals surface area contributed by atoms with Gasteiger partial charge in [0, 0.05) is 66.0 Å². The zero-order valence-corrected chi connectivity index (χ0v) is 22.5. The Morgan fingerprint density at radius 1 is 1.08 bits per heavy atom. The van der Waals surface area contributed by atoms with Gasteiger partial charge in [0.05, 0.1) is 11.9 Å². The third-order valence-electron chi connectivity index (χ3n) is 6.97. The number of hydrogen-bond donors (Lipinski definition) is 1. The quantitative estimate of drug-likeness (QED) is 0.506. The Kier molecular flexibility index (Phi) is 5.51. The SMILES string of the molecule is [2H]C([2H])([2H])N(C(=O)c1cc2cnc(Nc3ccc(N4CCN(C(=O)OC(C)(C)C)CC4)cn3)nc2n1C1CCCC1)C([2H])([2H])[2H]. The van der Waals surface area contributed by atoms with Gasteiger partial charge >= 0.3 is 6.09 Å². The van der Waals surface area contributed by atoms with E-state index in [9.17, 15) is 9.59 Å². The molecular weight excluding hydrogens is 496 g/mol. The van der Waals surface area contributed by atoms with E-state index in [2.05, 4.69) is 25.2 Å². The molecule has 0 unspecified atom stereocenters. The molecule has 1 saturated carbocycles. The Hall–Kier alpha value is -3.89. The van der Waals surface area contributed by atoms with Crippen LogP contribution < -0.4 is 10.2 Å². The summed E-state index contributed by atoms with van der Waals surface area (Å²) in [5, 5.41) is 3.57. The minimum Gasteiger partial charge on any atom is -0.444 e. The van der Waals surface area contributed by atoms with Crippen LogP contribution in [0.5, 0.6) is 0 Å². The number of fused-ring (bicyclic) bond motifs is 1. The highest BCUT2D eigenvalue weighted by Gasteiger charge is 2.27. The number of amides is 2. The lowest BCUT2D eigenvalue weighted by atomic mass is 10.2. The van der Waals surface area contributed by atoms with Crippen molar-refractivity contribution in [1.82, 2.24) is 29.3 Å². The van der Waals surface area contributed by atoms with Crippen molar-refractivity contribution in [3.8, 4) is 0 Å². The first-order valence-electron chi connectivity index (χ1n) is 16.2. The lowest BCUT2D eigenvalue weighted by Gasteiger charge is -2.36. The maximum Gasteiger partial charge on any atom is 0.410 e. The molecule has 1 aliphatic carbocycles. The Bertz CT molecular complexity index is 1520. The van der Waals surface area contributed by atoms with Gasteiger partial charge in [-0.05, 0) is 51.8 Å². The summed E-state index contributed by atoms with van der Waals surface area (Å²) in [6.45, 7) is 1.53. The number of nitrogens with one attached hydrogen (secondary N) is 1. The molecule has 3 aromatic rings. The second-order valence-corrected chi connectivity index (χ2v) is 10.9. The first-order valence-corrected chi connectivity index (χ1v) is 13.2. The molecule has 0 bridgehead atoms. The van der Waals surface area contributed by atoms with Crippen LogP contribution >= 0.6 is 0 Å². The standard InChI is InChI=1S/C28H38N8O3/c1-28(2,3)39-27(38)35-14-12-34(13-15-35)21-10-11-23(29-18-21)31-26-30-17-19-16-22(25(37)33(4)5)36(24(19)32-26)20-8-6-7-9-20/h10-11,16-18,20H,6-9,12-15H2,1-5H3,(H,29,30,31,32)/i4D3,5D3. The molecule has 39 heavy (non-hydrogen) atoms. The van der Waals surface area contributed by atoms with Crippen molar-refractivity contribution in [3.63, 3.8) is 0 Å². The van der Waals surface area contributed by atoms with E-state index in [0.717, 1.165) is 31.4 Å². The summed E-state index contributed by atoms with van der Waals surface area (Å²) >= 11 is 0. The van der Waals surface area contributed by atoms with Crippen LogP contribution in [0, 0.1) is 0 Å². The maximum atomic E-state index is 13.5. The number of aromatic nitrogens is 4. The van der Waals surface area contributed by atoms with Gasteiger partial charge < -0.3 is 29.3 Å². The zero-order valence-electron chi connectivity index (χ0n) is 28.5. The van der Waals surface area contributed by atoms with Crippen LogP contribution in [0.2, 0.25) is 0 Å². The van der Waals surface area contributed by atoms with Gasteiger partial charge in [0.15, 0.2) is 0 Å². The van der Waals surface area contributed by atoms with Crippen molar-refractivity contribution in [2.45, 2.75) is 58.1 Å². The van der Waals surface area contributed by atoms with E-state index in [1.165, 1.54) is 12.3 Å². The highest BCUT2D eigenvalue weighted by Crippen LogP contribution is 2.35. The van der Waals surface area contributed by atoms with Crippen LogP contribution in [-0.2, 0) is 4.74 Å². The van der Waals surface area contributed by atoms with Gasteiger partial charge in [-0.1, -0.05) is 12.8 Å². The van der Waals surface area contributed by atoms with E-state index >= 15 is 0 Å². The lowest BCUT2D eigenvalue weighted by molar-refractivity contribution is 0.0240. The monoisotopic (exact) mass is 540 g/mol. The molecule has 3 aromatic heterocycles. The molecule has 1 N–H and O–H groups in total. The summed E-state index contributed by atoms with van der Waals surface area (Å²) in [5.74, 6) is -0.413. The third-order valence-corrected chi connectivity index (χ3v) is 6.97. The van der Waals surface area contributed by atoms with Crippen LogP contribution in [0.1, 0.15) is 71.2 Å². The number of piperazine rings is 1. The van der Waals surface area contributed by atoms with Crippen LogP contribution in [-0.4, -0.2) is 87.1 Å². The van der Waals surface area contributed by atoms with Gasteiger partial charge in [-0.25, -0.2) is 14.8 Å². The molecule has 0 atom stereocenters. The number of pyridine rings is 1. The summed E-state index contributed by atoms with van der Waals surface area (Å²) in [7, 11) is 0. The Balaban J connectivity index is 1.34. The molecule has 4 heterocycles. The molecular formula is C28H38N8O3. The third kappa shape index (κ3) is 5.91. The first kappa shape index (κ1) is 20.1. The molecule has 0 radical (unpaired) electrons. The predicted molar refractivity (Wildman–Crippen MR) is 151 cm³/mol. The lowest BCUT2D eigenvalue weighted by Crippen LogP contribution is -2.50. The number of anilines is 3. The summed E-state index contributed by atoms with van der Waals surface area (Å²) in [4.78, 5) is 43.2. The average Bonchev–Trinajstić information content (AvgIpc) is 3.59. The molecule has 2 fully saturated rings. The van der Waals surface area contributed by atoms with Crippen LogP contribution in [0.4, 0.5) is 22.2 Å². The van der Waals surface area contributed by atoms with E-state index in [0.29, 0.717) is 43.0 Å². The molecule has 0 aromatic carbocycles. The second kappa shape index (κ2) is 10.7. The molecule has 5 rings (SSSR count). The molecule has 0 spiro atoms. The smallest absolute Gasteiger partial charge is 0.410 e. The molecule has 2 amide bonds. The van der Waals surface area contributed by atoms with Gasteiger partial charge in [0.1, 0.15) is 22.8 Å². The first-order chi connectivity index (χ1) is 21.0. The zero-order chi connectivity index (χ0) is 32.7. The summed E-state index contributed by atoms with van der Waals surface area (Å²) in [5.41, 5.74) is 0.699. The van der Waals surface area contributed by atoms with Crippen LogP contribution in [0.15, 0.2) is 30.6 Å². The molecule has 208 valence electrons. The van der Waals surface area contributed by atoms with Crippen molar-refractivity contribution in [3.05, 3.63) is 36.3 Å². The van der Waals surface area contributed by atoms with Gasteiger partial charge in [-0.15, -0.1) is 0 Å². The van der Waals surface area contributed by atoms with Gasteiger partial charge in [-0.2, -0.15) is 4.98 Å². The normalized spacial score (nSPS) is 19.5. The Morgan fingerprint density at radius 2 is 1.82 bits per heavy atom. The van der Waals surface area contributed by atoms with E-state index in [4.69, 9.17) is 13.0 Å². The largest absolute Gasteiger partial charge is 0.444 e. The van der Waals surface area contributed by atoms with E-state index in [-0.39, 0.29) is 28.7 Å². The van der Waals surface area contributed by atoms with Crippen molar-refractivity contribution >= 4 is 40.5 Å². The Labute approximate surface area is 237 Å². The summed E-state index contributed by atoms with van der Waals surface area (Å²) in [6.07, 6.45) is 6.24. The van der Waals surface area contributed by atoms with Crippen molar-refractivity contribution in [2.75, 3.05) is 50.3 Å². The number of ether oxygens (including phenoxy) is 1. The summed E-state index contributed by atoms with van der Waals surface area (Å²) < 4.78 is 53.5. The minimum atomic E-state index is -3.17. The second-order valence-electron chi connectivity index (χ2n) is 10.9. The number of carbonyl (C=O) groups is 2.